The van der Waals surface area contributed by atoms with Crippen molar-refractivity contribution in [3.05, 3.63) is 10.4 Å². The van der Waals surface area contributed by atoms with Gasteiger partial charge in [-0.15, -0.1) is 0 Å². The van der Waals surface area contributed by atoms with Gasteiger partial charge in [0.15, 0.2) is 6.29 Å². The van der Waals surface area contributed by atoms with Crippen LogP contribution in [0.25, 0.3) is 10.4 Å². The van der Waals surface area contributed by atoms with Crippen LogP contribution >= 0.6 is 0 Å². The molecule has 0 amide bonds. The van der Waals surface area contributed by atoms with Gasteiger partial charge in [0, 0.05) is 4.91 Å². The summed E-state index contributed by atoms with van der Waals surface area (Å²) >= 11 is 0. The lowest BCUT2D eigenvalue weighted by Crippen LogP contribution is -2.51. The molecule has 0 bridgehead atoms. The first-order valence-electron chi connectivity index (χ1n) is 3.37. The van der Waals surface area contributed by atoms with Crippen LogP contribution in [0.5, 0.6) is 0 Å². The van der Waals surface area contributed by atoms with E-state index < -0.39 is 24.5 Å². The number of rotatable bonds is 1. The van der Waals surface area contributed by atoms with E-state index in [2.05, 4.69) is 14.8 Å². The maximum Gasteiger partial charge on any atom is 0.165 e. The first-order valence-corrected chi connectivity index (χ1v) is 3.37. The van der Waals surface area contributed by atoms with Crippen molar-refractivity contribution in [2.45, 2.75) is 24.5 Å². The molecular weight excluding hydrogens is 166 g/mol. The number of hydrogen-bond donors (Lipinski definition) is 3. The standard InChI is InChI=1S/C5H9N3O4/c6-8-7-3-4(10)2(9)1-12-5(3)11/h2-5,9-11H,1H2/t2-,3-,4-,5+/m1/s1. The zero-order valence-corrected chi connectivity index (χ0v) is 6.11. The van der Waals surface area contributed by atoms with Crippen molar-refractivity contribution < 1.29 is 20.1 Å². The number of ether oxygens (including phenoxy) is 1. The van der Waals surface area contributed by atoms with Crippen molar-refractivity contribution in [1.29, 1.82) is 0 Å². The number of hydrogen-bond acceptors (Lipinski definition) is 5. The Morgan fingerprint density at radius 2 is 2.08 bits per heavy atom. The Morgan fingerprint density at radius 3 is 2.67 bits per heavy atom. The number of nitrogens with zero attached hydrogens (tertiary/aromatic N) is 3. The third-order valence-corrected chi connectivity index (χ3v) is 1.66. The Labute approximate surface area is 67.8 Å². The average Bonchev–Trinajstić information content (AvgIpc) is 2.06. The van der Waals surface area contributed by atoms with Crippen LogP contribution in [-0.2, 0) is 4.74 Å². The monoisotopic (exact) mass is 175 g/mol. The van der Waals surface area contributed by atoms with Crippen LogP contribution in [0, 0.1) is 0 Å². The first-order chi connectivity index (χ1) is 5.66. The van der Waals surface area contributed by atoms with Gasteiger partial charge in [-0.25, -0.2) is 0 Å². The molecule has 0 unspecified atom stereocenters. The van der Waals surface area contributed by atoms with Gasteiger partial charge in [0.05, 0.1) is 12.7 Å². The van der Waals surface area contributed by atoms with Gasteiger partial charge < -0.3 is 20.1 Å². The molecule has 7 heteroatoms. The van der Waals surface area contributed by atoms with Crippen molar-refractivity contribution in [2.75, 3.05) is 6.61 Å². The molecule has 3 N–H and O–H groups in total. The van der Waals surface area contributed by atoms with Gasteiger partial charge >= 0.3 is 0 Å². The smallest absolute Gasteiger partial charge is 0.165 e. The summed E-state index contributed by atoms with van der Waals surface area (Å²) in [6.07, 6.45) is -3.74. The van der Waals surface area contributed by atoms with E-state index in [-0.39, 0.29) is 6.61 Å². The molecule has 0 radical (unpaired) electrons. The molecule has 0 aliphatic carbocycles. The van der Waals surface area contributed by atoms with E-state index in [9.17, 15) is 5.11 Å². The van der Waals surface area contributed by atoms with Crippen molar-refractivity contribution in [1.82, 2.24) is 0 Å². The highest BCUT2D eigenvalue weighted by molar-refractivity contribution is 4.87. The zero-order chi connectivity index (χ0) is 9.14. The summed E-state index contributed by atoms with van der Waals surface area (Å²) in [5.41, 5.74) is 8.04. The molecule has 0 saturated carbocycles. The molecule has 0 aromatic heterocycles. The molecule has 7 nitrogen and oxygen atoms in total. The van der Waals surface area contributed by atoms with E-state index in [0.29, 0.717) is 0 Å². The second-order valence-corrected chi connectivity index (χ2v) is 2.48. The molecule has 1 saturated heterocycles. The predicted octanol–water partition coefficient (Wildman–Crippen LogP) is -1.26. The first kappa shape index (κ1) is 9.24. The molecule has 1 rings (SSSR count). The van der Waals surface area contributed by atoms with Crippen LogP contribution in [0.4, 0.5) is 0 Å². The highest BCUT2D eigenvalue weighted by Crippen LogP contribution is 2.16. The largest absolute Gasteiger partial charge is 0.390 e. The normalized spacial score (nSPS) is 41.9. The number of aliphatic hydroxyl groups excluding tert-OH is 3. The third kappa shape index (κ3) is 1.66. The topological polar surface area (TPSA) is 119 Å². The summed E-state index contributed by atoms with van der Waals surface area (Å²) in [5, 5.41) is 30.3. The quantitative estimate of drug-likeness (QED) is 0.261. The third-order valence-electron chi connectivity index (χ3n) is 1.66. The van der Waals surface area contributed by atoms with E-state index in [1.54, 1.807) is 0 Å². The second kappa shape index (κ2) is 3.70. The van der Waals surface area contributed by atoms with E-state index in [1.807, 2.05) is 0 Å². The fourth-order valence-electron chi connectivity index (χ4n) is 0.976. The van der Waals surface area contributed by atoms with Gasteiger partial charge in [-0.05, 0) is 5.53 Å². The summed E-state index contributed by atoms with van der Waals surface area (Å²) in [4.78, 5) is 2.41. The van der Waals surface area contributed by atoms with E-state index >= 15 is 0 Å². The fraction of sp³-hybridized carbons (Fsp3) is 1.00. The summed E-state index contributed by atoms with van der Waals surface area (Å²) in [5.74, 6) is 0. The lowest BCUT2D eigenvalue weighted by atomic mass is 10.0. The van der Waals surface area contributed by atoms with E-state index in [1.165, 1.54) is 0 Å². The van der Waals surface area contributed by atoms with Gasteiger partial charge in [0.2, 0.25) is 0 Å². The van der Waals surface area contributed by atoms with Gasteiger partial charge in [-0.1, -0.05) is 5.11 Å². The molecule has 12 heavy (non-hydrogen) atoms. The summed E-state index contributed by atoms with van der Waals surface area (Å²) in [7, 11) is 0. The molecule has 1 aliphatic rings. The van der Waals surface area contributed by atoms with Crippen molar-refractivity contribution >= 4 is 0 Å². The molecule has 1 fully saturated rings. The Hall–Kier alpha value is -0.850. The van der Waals surface area contributed by atoms with Gasteiger partial charge in [-0.3, -0.25) is 0 Å². The molecule has 4 atom stereocenters. The molecule has 0 spiro atoms. The Kier molecular flexibility index (Phi) is 2.85. The second-order valence-electron chi connectivity index (χ2n) is 2.48. The van der Waals surface area contributed by atoms with Gasteiger partial charge in [0.1, 0.15) is 12.1 Å². The summed E-state index contributed by atoms with van der Waals surface area (Å²) in [6, 6.07) is -1.14. The van der Waals surface area contributed by atoms with E-state index in [0.717, 1.165) is 0 Å². The fourth-order valence-corrected chi connectivity index (χ4v) is 0.976. The molecular formula is C5H9N3O4. The van der Waals surface area contributed by atoms with Crippen LogP contribution in [0.2, 0.25) is 0 Å². The van der Waals surface area contributed by atoms with Crippen molar-refractivity contribution in [3.8, 4) is 0 Å². The molecule has 68 valence electrons. The van der Waals surface area contributed by atoms with Crippen LogP contribution in [0.3, 0.4) is 0 Å². The van der Waals surface area contributed by atoms with Crippen LogP contribution in [0.1, 0.15) is 0 Å². The van der Waals surface area contributed by atoms with Crippen LogP contribution < -0.4 is 0 Å². The Balaban J connectivity index is 2.71. The van der Waals surface area contributed by atoms with Crippen LogP contribution in [0.15, 0.2) is 5.11 Å². The molecule has 1 heterocycles. The van der Waals surface area contributed by atoms with Gasteiger partial charge in [0.25, 0.3) is 0 Å². The Morgan fingerprint density at radius 1 is 1.42 bits per heavy atom. The van der Waals surface area contributed by atoms with Crippen LogP contribution in [-0.4, -0.2) is 46.5 Å². The van der Waals surface area contributed by atoms with Crippen molar-refractivity contribution in [3.63, 3.8) is 0 Å². The number of azide groups is 1. The summed E-state index contributed by atoms with van der Waals surface area (Å²) < 4.78 is 4.61. The minimum atomic E-state index is -1.35. The lowest BCUT2D eigenvalue weighted by Gasteiger charge is -2.32. The minimum absolute atomic E-state index is 0.167. The number of aliphatic hydroxyl groups is 3. The highest BCUT2D eigenvalue weighted by atomic mass is 16.6. The minimum Gasteiger partial charge on any atom is -0.390 e. The van der Waals surface area contributed by atoms with Gasteiger partial charge in [-0.2, -0.15) is 0 Å². The van der Waals surface area contributed by atoms with E-state index in [4.69, 9.17) is 15.7 Å². The SMILES string of the molecule is [N-]=[N+]=N[C@@H]1[C@H](O)[C@H](O)CO[C@@H]1O. The Bertz CT molecular complexity index is 205. The maximum absolute atomic E-state index is 9.18. The molecule has 0 aromatic rings. The van der Waals surface area contributed by atoms with Crippen molar-refractivity contribution in [2.24, 2.45) is 5.11 Å². The lowest BCUT2D eigenvalue weighted by molar-refractivity contribution is -0.204. The highest BCUT2D eigenvalue weighted by Gasteiger charge is 2.37. The summed E-state index contributed by atoms with van der Waals surface area (Å²) in [6.45, 7) is -0.167. The molecule has 0 aromatic carbocycles. The predicted molar refractivity (Wildman–Crippen MR) is 36.9 cm³/mol. The average molecular weight is 175 g/mol. The zero-order valence-electron chi connectivity index (χ0n) is 6.11. The maximum atomic E-state index is 9.18. The molecule has 1 aliphatic heterocycles.